The van der Waals surface area contributed by atoms with E-state index in [0.717, 1.165) is 23.6 Å². The highest BCUT2D eigenvalue weighted by Crippen LogP contribution is 2.32. The van der Waals surface area contributed by atoms with Gasteiger partial charge in [0.2, 0.25) is 6.79 Å². The Hall–Kier alpha value is -3.16. The summed E-state index contributed by atoms with van der Waals surface area (Å²) in [5.74, 6) is 2.27. The Morgan fingerprint density at radius 2 is 2.04 bits per heavy atom. The number of primary amides is 1. The summed E-state index contributed by atoms with van der Waals surface area (Å²) in [6.45, 7) is 3.83. The van der Waals surface area contributed by atoms with Crippen LogP contribution in [-0.2, 0) is 13.1 Å². The summed E-state index contributed by atoms with van der Waals surface area (Å²) in [5, 5.41) is 6.30. The van der Waals surface area contributed by atoms with Crippen LogP contribution in [0.1, 0.15) is 28.8 Å². The lowest BCUT2D eigenvalue weighted by Gasteiger charge is -2.10. The molecule has 0 fully saturated rings. The minimum atomic E-state index is -0.588. The molecule has 2 aromatic rings. The summed E-state index contributed by atoms with van der Waals surface area (Å²) in [7, 11) is 0. The minimum absolute atomic E-state index is 0.138. The Morgan fingerprint density at radius 3 is 2.80 bits per heavy atom. The smallest absolute Gasteiger partial charge is 0.284 e. The van der Waals surface area contributed by atoms with Gasteiger partial charge < -0.3 is 30.3 Å². The standard InChI is InChI=1S/C17H20N4O4/c1-2-19-17(21-9-12-4-6-14(25-12)16(18)22)20-8-11-3-5-13-15(7-11)24-10-23-13/h3-7H,2,8-10H2,1H3,(H2,18,22)(H2,19,20,21). The van der Waals surface area contributed by atoms with E-state index in [1.165, 1.54) is 0 Å². The van der Waals surface area contributed by atoms with Crippen LogP contribution in [0.3, 0.4) is 0 Å². The molecule has 0 atom stereocenters. The maximum absolute atomic E-state index is 11.0. The van der Waals surface area contributed by atoms with Gasteiger partial charge in [-0.15, -0.1) is 0 Å². The molecule has 0 aliphatic carbocycles. The molecule has 0 unspecified atom stereocenters. The highest BCUT2D eigenvalue weighted by Gasteiger charge is 2.13. The van der Waals surface area contributed by atoms with E-state index in [1.54, 1.807) is 12.1 Å². The lowest BCUT2D eigenvalue weighted by molar-refractivity contribution is 0.0972. The van der Waals surface area contributed by atoms with E-state index in [4.69, 9.17) is 19.6 Å². The average molecular weight is 344 g/mol. The van der Waals surface area contributed by atoms with Crippen LogP contribution in [0.15, 0.2) is 39.7 Å². The zero-order valence-electron chi connectivity index (χ0n) is 13.9. The van der Waals surface area contributed by atoms with Gasteiger partial charge >= 0.3 is 0 Å². The zero-order chi connectivity index (χ0) is 17.6. The van der Waals surface area contributed by atoms with Crippen LogP contribution in [-0.4, -0.2) is 25.2 Å². The molecule has 2 heterocycles. The third-order valence-electron chi connectivity index (χ3n) is 3.54. The van der Waals surface area contributed by atoms with Gasteiger partial charge in [0.05, 0.1) is 13.1 Å². The van der Waals surface area contributed by atoms with Crippen LogP contribution < -0.4 is 25.8 Å². The SMILES string of the molecule is CCNC(=NCc1ccc2c(c1)OCO2)NCc1ccc(C(N)=O)o1. The highest BCUT2D eigenvalue weighted by molar-refractivity contribution is 5.89. The van der Waals surface area contributed by atoms with Crippen molar-refractivity contribution in [1.82, 2.24) is 10.6 Å². The van der Waals surface area contributed by atoms with Gasteiger partial charge in [-0.25, -0.2) is 4.99 Å². The number of carbonyl (C=O) groups excluding carboxylic acids is 1. The van der Waals surface area contributed by atoms with E-state index < -0.39 is 5.91 Å². The van der Waals surface area contributed by atoms with Gasteiger partial charge in [-0.3, -0.25) is 4.79 Å². The van der Waals surface area contributed by atoms with E-state index in [2.05, 4.69) is 15.6 Å². The van der Waals surface area contributed by atoms with Gasteiger partial charge in [0, 0.05) is 6.54 Å². The minimum Gasteiger partial charge on any atom is -0.454 e. The predicted octanol–water partition coefficient (Wildman–Crippen LogP) is 1.36. The number of carbonyl (C=O) groups is 1. The van der Waals surface area contributed by atoms with Crippen LogP contribution in [0.5, 0.6) is 11.5 Å². The fraction of sp³-hybridized carbons (Fsp3) is 0.294. The molecule has 25 heavy (non-hydrogen) atoms. The topological polar surface area (TPSA) is 111 Å². The van der Waals surface area contributed by atoms with Crippen molar-refractivity contribution in [2.45, 2.75) is 20.0 Å². The van der Waals surface area contributed by atoms with Crippen LogP contribution in [0.2, 0.25) is 0 Å². The van der Waals surface area contributed by atoms with Crippen LogP contribution in [0, 0.1) is 0 Å². The monoisotopic (exact) mass is 344 g/mol. The van der Waals surface area contributed by atoms with E-state index in [-0.39, 0.29) is 12.6 Å². The molecule has 1 amide bonds. The summed E-state index contributed by atoms with van der Waals surface area (Å²) in [4.78, 5) is 15.6. The fourth-order valence-electron chi connectivity index (χ4n) is 2.33. The first kappa shape index (κ1) is 16.7. The summed E-state index contributed by atoms with van der Waals surface area (Å²) >= 11 is 0. The molecule has 3 rings (SSSR count). The highest BCUT2D eigenvalue weighted by atomic mass is 16.7. The first-order chi connectivity index (χ1) is 12.2. The number of aliphatic imine (C=N–C) groups is 1. The number of nitrogens with two attached hydrogens (primary N) is 1. The molecule has 1 aliphatic heterocycles. The Bertz CT molecular complexity index is 785. The van der Waals surface area contributed by atoms with Crippen molar-refractivity contribution in [3.63, 3.8) is 0 Å². The first-order valence-electron chi connectivity index (χ1n) is 7.95. The van der Waals surface area contributed by atoms with Crippen LogP contribution >= 0.6 is 0 Å². The number of benzene rings is 1. The number of hydrogen-bond acceptors (Lipinski definition) is 5. The molecule has 1 aromatic carbocycles. The lowest BCUT2D eigenvalue weighted by atomic mass is 10.2. The average Bonchev–Trinajstić information content (AvgIpc) is 3.25. The van der Waals surface area contributed by atoms with Crippen LogP contribution in [0.25, 0.3) is 0 Å². The largest absolute Gasteiger partial charge is 0.454 e. The molecular weight excluding hydrogens is 324 g/mol. The quantitative estimate of drug-likeness (QED) is 0.539. The van der Waals surface area contributed by atoms with E-state index in [9.17, 15) is 4.79 Å². The predicted molar refractivity (Wildman–Crippen MR) is 91.4 cm³/mol. The second-order valence-electron chi connectivity index (χ2n) is 5.37. The number of furan rings is 1. The fourth-order valence-corrected chi connectivity index (χ4v) is 2.33. The van der Waals surface area contributed by atoms with Crippen molar-refractivity contribution in [2.24, 2.45) is 10.7 Å². The van der Waals surface area contributed by atoms with Crippen LogP contribution in [0.4, 0.5) is 0 Å². The number of guanidine groups is 1. The third kappa shape index (κ3) is 4.23. The van der Waals surface area contributed by atoms with Crippen molar-refractivity contribution in [1.29, 1.82) is 0 Å². The molecule has 4 N–H and O–H groups in total. The van der Waals surface area contributed by atoms with Crippen molar-refractivity contribution in [3.05, 3.63) is 47.4 Å². The van der Waals surface area contributed by atoms with Gasteiger partial charge in [-0.1, -0.05) is 6.07 Å². The number of rotatable bonds is 6. The second-order valence-corrected chi connectivity index (χ2v) is 5.37. The number of nitrogens with zero attached hydrogens (tertiary/aromatic N) is 1. The molecule has 8 nitrogen and oxygen atoms in total. The molecule has 1 aliphatic rings. The maximum Gasteiger partial charge on any atom is 0.284 e. The summed E-state index contributed by atoms with van der Waals surface area (Å²) in [6.07, 6.45) is 0. The molecule has 0 saturated carbocycles. The number of fused-ring (bicyclic) bond motifs is 1. The van der Waals surface area contributed by atoms with Crippen molar-refractivity contribution in [2.75, 3.05) is 13.3 Å². The molecule has 0 radical (unpaired) electrons. The van der Waals surface area contributed by atoms with Gasteiger partial charge in [-0.05, 0) is 36.8 Å². The Morgan fingerprint density at radius 1 is 1.20 bits per heavy atom. The van der Waals surface area contributed by atoms with Crippen molar-refractivity contribution in [3.8, 4) is 11.5 Å². The number of amides is 1. The van der Waals surface area contributed by atoms with Gasteiger partial charge in [0.15, 0.2) is 23.2 Å². The Labute approximate surface area is 145 Å². The number of ether oxygens (including phenoxy) is 2. The van der Waals surface area contributed by atoms with Crippen molar-refractivity contribution < 1.29 is 18.7 Å². The van der Waals surface area contributed by atoms with Gasteiger partial charge in [0.1, 0.15) is 5.76 Å². The second kappa shape index (κ2) is 7.61. The lowest BCUT2D eigenvalue weighted by Crippen LogP contribution is -2.36. The first-order valence-corrected chi connectivity index (χ1v) is 7.95. The number of hydrogen-bond donors (Lipinski definition) is 3. The molecule has 0 bridgehead atoms. The summed E-state index contributed by atoms with van der Waals surface area (Å²) in [6, 6.07) is 9.00. The van der Waals surface area contributed by atoms with Crippen molar-refractivity contribution >= 4 is 11.9 Å². The van der Waals surface area contributed by atoms with Gasteiger partial charge in [0.25, 0.3) is 5.91 Å². The summed E-state index contributed by atoms with van der Waals surface area (Å²) in [5.41, 5.74) is 6.18. The molecular formula is C17H20N4O4. The van der Waals surface area contributed by atoms with E-state index >= 15 is 0 Å². The Kier molecular flexibility index (Phi) is 5.08. The molecule has 132 valence electrons. The molecule has 0 saturated heterocycles. The Balaban J connectivity index is 1.61. The summed E-state index contributed by atoms with van der Waals surface area (Å²) < 4.78 is 16.0. The van der Waals surface area contributed by atoms with Gasteiger partial charge in [-0.2, -0.15) is 0 Å². The molecule has 0 spiro atoms. The zero-order valence-corrected chi connectivity index (χ0v) is 13.9. The maximum atomic E-state index is 11.0. The molecule has 8 heteroatoms. The normalized spacial score (nSPS) is 12.9. The van der Waals surface area contributed by atoms with E-state index in [1.807, 2.05) is 25.1 Å². The van der Waals surface area contributed by atoms with E-state index in [0.29, 0.717) is 24.8 Å². The molecule has 1 aromatic heterocycles. The third-order valence-corrected chi connectivity index (χ3v) is 3.54. The number of nitrogens with one attached hydrogen (secondary N) is 2.